The Labute approximate surface area is 135 Å². The molecule has 5 heteroatoms. The molecule has 0 bridgehead atoms. The largest absolute Gasteiger partial charge is 0.375 e. The summed E-state index contributed by atoms with van der Waals surface area (Å²) in [7, 11) is 0. The van der Waals surface area contributed by atoms with Crippen LogP contribution in [0.2, 0.25) is 0 Å². The van der Waals surface area contributed by atoms with E-state index in [1.807, 2.05) is 6.92 Å². The Morgan fingerprint density at radius 1 is 1.35 bits per heavy atom. The number of aryl methyl sites for hydroxylation is 2. The number of rotatable bonds is 7. The second kappa shape index (κ2) is 7.33. The van der Waals surface area contributed by atoms with Crippen molar-refractivity contribution in [3.8, 4) is 0 Å². The number of nitrogens with two attached hydrogens (primary N) is 1. The van der Waals surface area contributed by atoms with E-state index >= 15 is 0 Å². The monoisotopic (exact) mass is 316 g/mol. The number of carbonyl (C=O) groups excluding carboxylic acids is 1. The molecule has 0 radical (unpaired) electrons. The molecule has 0 saturated heterocycles. The number of pyridine rings is 1. The smallest absolute Gasteiger partial charge is 0.254 e. The fourth-order valence-electron chi connectivity index (χ4n) is 2.57. The molecular formula is C18H21FN2O2. The molecule has 0 saturated carbocycles. The molecule has 0 spiro atoms. The van der Waals surface area contributed by atoms with E-state index in [0.717, 1.165) is 12.0 Å². The molecule has 0 aliphatic carbocycles. The van der Waals surface area contributed by atoms with Crippen molar-refractivity contribution in [2.24, 2.45) is 5.73 Å². The molecule has 0 aliphatic heterocycles. The maximum absolute atomic E-state index is 13.7. The highest BCUT2D eigenvalue weighted by atomic mass is 19.1. The van der Waals surface area contributed by atoms with Crippen LogP contribution in [0.1, 0.15) is 36.5 Å². The van der Waals surface area contributed by atoms with Crippen LogP contribution in [0.15, 0.2) is 42.6 Å². The average Bonchev–Trinajstić information content (AvgIpc) is 2.57. The van der Waals surface area contributed by atoms with E-state index < -0.39 is 17.5 Å². The summed E-state index contributed by atoms with van der Waals surface area (Å²) in [5.74, 6) is -1.31. The lowest BCUT2D eigenvalue weighted by atomic mass is 9.87. The summed E-state index contributed by atoms with van der Waals surface area (Å²) in [5, 5.41) is 10.6. The van der Waals surface area contributed by atoms with E-state index in [1.165, 1.54) is 6.20 Å². The molecular weight excluding hydrogens is 295 g/mol. The molecule has 2 rings (SSSR count). The van der Waals surface area contributed by atoms with Gasteiger partial charge in [-0.25, -0.2) is 4.98 Å². The van der Waals surface area contributed by atoms with Gasteiger partial charge in [0, 0.05) is 11.8 Å². The first-order valence-corrected chi connectivity index (χ1v) is 7.68. The molecule has 23 heavy (non-hydrogen) atoms. The third-order valence-electron chi connectivity index (χ3n) is 4.02. The van der Waals surface area contributed by atoms with E-state index in [0.29, 0.717) is 24.0 Å². The molecule has 0 aliphatic rings. The maximum atomic E-state index is 13.7. The SMILES string of the molecule is CCc1cnc(F)c(CCCC(O)(C(N)=O)c2ccccc2)c1. The molecule has 3 N–H and O–H groups in total. The van der Waals surface area contributed by atoms with Gasteiger partial charge in [-0.15, -0.1) is 0 Å². The number of hydrogen-bond acceptors (Lipinski definition) is 3. The molecule has 1 heterocycles. The second-order valence-corrected chi connectivity index (χ2v) is 5.59. The Kier molecular flexibility index (Phi) is 5.45. The van der Waals surface area contributed by atoms with E-state index in [9.17, 15) is 14.3 Å². The molecule has 2 aromatic rings. The van der Waals surface area contributed by atoms with Crippen LogP contribution in [0, 0.1) is 5.95 Å². The summed E-state index contributed by atoms with van der Waals surface area (Å²) in [4.78, 5) is 15.5. The fourth-order valence-corrected chi connectivity index (χ4v) is 2.57. The van der Waals surface area contributed by atoms with Gasteiger partial charge in [-0.3, -0.25) is 4.79 Å². The third kappa shape index (κ3) is 3.93. The standard InChI is InChI=1S/C18H21FN2O2/c1-2-13-11-14(16(19)21-12-13)7-6-10-18(23,17(20)22)15-8-4-3-5-9-15/h3-5,8-9,11-12,23H,2,6-7,10H2,1H3,(H2,20,22). The van der Waals surface area contributed by atoms with Gasteiger partial charge in [0.2, 0.25) is 5.95 Å². The number of halogens is 1. The van der Waals surface area contributed by atoms with Crippen LogP contribution in [0.3, 0.4) is 0 Å². The molecule has 122 valence electrons. The van der Waals surface area contributed by atoms with Crippen LogP contribution in [0.4, 0.5) is 4.39 Å². The van der Waals surface area contributed by atoms with Crippen LogP contribution >= 0.6 is 0 Å². The Balaban J connectivity index is 2.10. The van der Waals surface area contributed by atoms with Crippen molar-refractivity contribution in [1.29, 1.82) is 0 Å². The van der Waals surface area contributed by atoms with Gasteiger partial charge in [-0.2, -0.15) is 4.39 Å². The Morgan fingerprint density at radius 2 is 2.04 bits per heavy atom. The van der Waals surface area contributed by atoms with Gasteiger partial charge in [-0.1, -0.05) is 37.3 Å². The van der Waals surface area contributed by atoms with Crippen molar-refractivity contribution in [3.63, 3.8) is 0 Å². The van der Waals surface area contributed by atoms with Crippen LogP contribution in [0.25, 0.3) is 0 Å². The van der Waals surface area contributed by atoms with Gasteiger partial charge in [0.25, 0.3) is 5.91 Å². The molecule has 1 aromatic heterocycles. The lowest BCUT2D eigenvalue weighted by Gasteiger charge is -2.25. The van der Waals surface area contributed by atoms with Gasteiger partial charge in [0.1, 0.15) is 0 Å². The zero-order valence-electron chi connectivity index (χ0n) is 13.1. The zero-order valence-corrected chi connectivity index (χ0v) is 13.1. The second-order valence-electron chi connectivity index (χ2n) is 5.59. The van der Waals surface area contributed by atoms with Crippen LogP contribution in [-0.4, -0.2) is 16.0 Å². The van der Waals surface area contributed by atoms with Crippen LogP contribution in [0.5, 0.6) is 0 Å². The number of aromatic nitrogens is 1. The highest BCUT2D eigenvalue weighted by molar-refractivity contribution is 5.84. The first-order valence-electron chi connectivity index (χ1n) is 7.68. The quantitative estimate of drug-likeness (QED) is 0.771. The minimum atomic E-state index is -1.74. The van der Waals surface area contributed by atoms with Gasteiger partial charge >= 0.3 is 0 Å². The molecule has 0 fully saturated rings. The minimum Gasteiger partial charge on any atom is -0.375 e. The first-order chi connectivity index (χ1) is 11.0. The average molecular weight is 316 g/mol. The molecule has 1 amide bonds. The summed E-state index contributed by atoms with van der Waals surface area (Å²) < 4.78 is 13.7. The number of aliphatic hydroxyl groups is 1. The summed E-state index contributed by atoms with van der Waals surface area (Å²) in [6, 6.07) is 10.3. The van der Waals surface area contributed by atoms with E-state index in [-0.39, 0.29) is 6.42 Å². The Bertz CT molecular complexity index is 676. The summed E-state index contributed by atoms with van der Waals surface area (Å²) >= 11 is 0. The number of benzene rings is 1. The van der Waals surface area contributed by atoms with E-state index in [2.05, 4.69) is 4.98 Å². The van der Waals surface area contributed by atoms with Crippen LogP contribution in [-0.2, 0) is 23.2 Å². The number of nitrogens with zero attached hydrogens (tertiary/aromatic N) is 1. The number of carbonyl (C=O) groups is 1. The summed E-state index contributed by atoms with van der Waals surface area (Å²) in [6.07, 6.45) is 3.22. The predicted octanol–water partition coefficient (Wildman–Crippen LogP) is 2.48. The van der Waals surface area contributed by atoms with Crippen molar-refractivity contribution in [1.82, 2.24) is 4.98 Å². The normalized spacial score (nSPS) is 13.5. The molecule has 1 unspecified atom stereocenters. The summed E-state index contributed by atoms with van der Waals surface area (Å²) in [6.45, 7) is 1.97. The van der Waals surface area contributed by atoms with Gasteiger partial charge in [0.15, 0.2) is 5.60 Å². The predicted molar refractivity (Wildman–Crippen MR) is 86.0 cm³/mol. The fraction of sp³-hybridized carbons (Fsp3) is 0.333. The molecule has 4 nitrogen and oxygen atoms in total. The van der Waals surface area contributed by atoms with Crippen molar-refractivity contribution < 1.29 is 14.3 Å². The topological polar surface area (TPSA) is 76.2 Å². The van der Waals surface area contributed by atoms with Crippen molar-refractivity contribution >= 4 is 5.91 Å². The zero-order chi connectivity index (χ0) is 16.9. The van der Waals surface area contributed by atoms with E-state index in [4.69, 9.17) is 5.73 Å². The highest BCUT2D eigenvalue weighted by Gasteiger charge is 2.35. The first kappa shape index (κ1) is 17.1. The lowest BCUT2D eigenvalue weighted by Crippen LogP contribution is -2.41. The Morgan fingerprint density at radius 3 is 2.65 bits per heavy atom. The van der Waals surface area contributed by atoms with Crippen molar-refractivity contribution in [2.75, 3.05) is 0 Å². The Hall–Kier alpha value is -2.27. The number of amides is 1. The van der Waals surface area contributed by atoms with Gasteiger partial charge in [-0.05, 0) is 42.9 Å². The molecule has 1 aromatic carbocycles. The molecule has 1 atom stereocenters. The highest BCUT2D eigenvalue weighted by Crippen LogP contribution is 2.27. The number of hydrogen-bond donors (Lipinski definition) is 2. The van der Waals surface area contributed by atoms with E-state index in [1.54, 1.807) is 36.4 Å². The van der Waals surface area contributed by atoms with Crippen molar-refractivity contribution in [2.45, 2.75) is 38.2 Å². The maximum Gasteiger partial charge on any atom is 0.254 e. The third-order valence-corrected chi connectivity index (χ3v) is 4.02. The lowest BCUT2D eigenvalue weighted by molar-refractivity contribution is -0.138. The van der Waals surface area contributed by atoms with Gasteiger partial charge in [0.05, 0.1) is 0 Å². The van der Waals surface area contributed by atoms with Gasteiger partial charge < -0.3 is 10.8 Å². The van der Waals surface area contributed by atoms with Crippen LogP contribution < -0.4 is 5.73 Å². The number of primary amides is 1. The minimum absolute atomic E-state index is 0.127. The van der Waals surface area contributed by atoms with Crippen molar-refractivity contribution in [3.05, 3.63) is 65.2 Å². The summed E-state index contributed by atoms with van der Waals surface area (Å²) in [5.41, 5.74) is 5.54.